The average molecular weight is 1110 g/mol. The van der Waals surface area contributed by atoms with Crippen LogP contribution in [0.5, 0.6) is 0 Å². The number of hydrogen-bond acceptors (Lipinski definition) is 21. The fourth-order valence-corrected chi connectivity index (χ4v) is 12.7. The maximum atomic E-state index is 15.5. The summed E-state index contributed by atoms with van der Waals surface area (Å²) in [7, 11) is 0. The van der Waals surface area contributed by atoms with Gasteiger partial charge in [0, 0.05) is 43.0 Å². The number of primary amides is 1. The molecule has 0 radical (unpaired) electrons. The van der Waals surface area contributed by atoms with Crippen LogP contribution in [0.2, 0.25) is 0 Å². The fourth-order valence-electron chi connectivity index (χ4n) is 11.8. The van der Waals surface area contributed by atoms with Gasteiger partial charge >= 0.3 is 23.9 Å². The summed E-state index contributed by atoms with van der Waals surface area (Å²) in [6.07, 6.45) is -14.6. The molecule has 22 nitrogen and oxygen atoms in total. The number of ketones is 1. The van der Waals surface area contributed by atoms with E-state index < -0.39 is 150 Å². The molecule has 2 aliphatic heterocycles. The lowest BCUT2D eigenvalue weighted by Crippen LogP contribution is -2.82. The zero-order valence-corrected chi connectivity index (χ0v) is 44.7. The number of thiazole rings is 1. The van der Waals surface area contributed by atoms with Crippen LogP contribution >= 0.6 is 11.3 Å². The normalized spacial score (nSPS) is 32.1. The summed E-state index contributed by atoms with van der Waals surface area (Å²) in [5, 5.41) is 70.2. The highest BCUT2D eigenvalue weighted by Gasteiger charge is 2.78. The average Bonchev–Trinajstić information content (AvgIpc) is 4.20. The minimum absolute atomic E-state index is 0.00289. The first-order valence-electron chi connectivity index (χ1n) is 25.4. The van der Waals surface area contributed by atoms with Gasteiger partial charge in [-0.15, -0.1) is 11.3 Å². The van der Waals surface area contributed by atoms with Gasteiger partial charge in [0.25, 0.3) is 11.8 Å². The molecule has 3 aliphatic carbocycles. The van der Waals surface area contributed by atoms with Crippen LogP contribution in [0.25, 0.3) is 0 Å². The number of carbonyl (C=O) groups excluding carboxylic acids is 7. The molecule has 5 aliphatic rings. The van der Waals surface area contributed by atoms with E-state index in [0.29, 0.717) is 10.6 Å². The molecule has 15 atom stereocenters. The zero-order chi connectivity index (χ0) is 57.5. The molecule has 2 amide bonds. The molecule has 1 aromatic heterocycles. The third-order valence-corrected chi connectivity index (χ3v) is 16.9. The Bertz CT molecular complexity index is 2990. The smallest absolute Gasteiger partial charge is 0.338 e. The van der Waals surface area contributed by atoms with Gasteiger partial charge in [0.05, 0.1) is 42.3 Å². The van der Waals surface area contributed by atoms with Crippen LogP contribution in [0.4, 0.5) is 0 Å². The maximum absolute atomic E-state index is 15.5. The number of nitrogens with two attached hydrogens (primary N) is 1. The molecule has 23 heteroatoms. The summed E-state index contributed by atoms with van der Waals surface area (Å²) >= 11 is 1.10. The van der Waals surface area contributed by atoms with Crippen molar-refractivity contribution in [1.82, 2.24) is 10.3 Å². The number of carbonyl (C=O) groups is 7. The highest BCUT2D eigenvalue weighted by molar-refractivity contribution is 7.09. The number of amides is 2. The van der Waals surface area contributed by atoms with Gasteiger partial charge in [-0.25, -0.2) is 14.6 Å². The molecule has 79 heavy (non-hydrogen) atoms. The molecule has 2 bridgehead atoms. The number of nitrogens with one attached hydrogen (secondary N) is 1. The van der Waals surface area contributed by atoms with Gasteiger partial charge in [0.1, 0.15) is 59.0 Å². The highest BCUT2D eigenvalue weighted by Crippen LogP contribution is 2.64. The Balaban J connectivity index is 0.000000410. The highest BCUT2D eigenvalue weighted by atomic mass is 32.1. The molecule has 3 aromatic carbocycles. The van der Waals surface area contributed by atoms with Crippen molar-refractivity contribution in [3.8, 4) is 0 Å². The van der Waals surface area contributed by atoms with Crippen LogP contribution in [0, 0.1) is 16.7 Å². The zero-order valence-electron chi connectivity index (χ0n) is 43.9. The number of fused-ring (bicyclic) bond motifs is 5. The SMILES string of the molecule is CC(=O)O[C@H]1C(=O)[C@@]2(C)[C@H]([C@H](OC(=O)c3ccccc3)[C@]3(O)C[C@H](OC(=O)[C@H](O)[C@@H](NC(=O)c4ccccc4)c4ccccc4)C(C)=C1C3(C)C)[C@]1(OC(C)=O)CO[C@@H]1C[C@@H]2O.NC(=O)c1csc([C@@H]2O[C@H](CO)[C@@H](O)[C@H]2O)n1. The van der Waals surface area contributed by atoms with Crippen molar-refractivity contribution in [3.63, 3.8) is 0 Å². The quantitative estimate of drug-likeness (QED) is 0.0540. The van der Waals surface area contributed by atoms with E-state index in [1.165, 1.54) is 31.4 Å². The van der Waals surface area contributed by atoms with Gasteiger partial charge in [-0.1, -0.05) is 80.6 Å². The Morgan fingerprint density at radius 3 is 2.00 bits per heavy atom. The number of rotatable bonds is 13. The van der Waals surface area contributed by atoms with Crippen molar-refractivity contribution in [2.45, 2.75) is 133 Å². The summed E-state index contributed by atoms with van der Waals surface area (Å²) < 4.78 is 35.5. The number of hydrogen-bond donors (Lipinski definition) is 8. The monoisotopic (exact) mass is 1110 g/mol. The maximum Gasteiger partial charge on any atom is 0.338 e. The van der Waals surface area contributed by atoms with Crippen LogP contribution in [-0.2, 0) is 47.6 Å². The largest absolute Gasteiger partial charge is 0.456 e. The first-order chi connectivity index (χ1) is 37.3. The van der Waals surface area contributed by atoms with Crippen molar-refractivity contribution >= 4 is 52.8 Å². The number of aliphatic hydroxyl groups excluding tert-OH is 5. The summed E-state index contributed by atoms with van der Waals surface area (Å²) in [5.74, 6) is -7.51. The predicted octanol–water partition coefficient (Wildman–Crippen LogP) is 2.13. The molecular formula is C56H63N3O19S. The van der Waals surface area contributed by atoms with Gasteiger partial charge < -0.3 is 70.1 Å². The lowest BCUT2D eigenvalue weighted by atomic mass is 9.44. The summed E-state index contributed by atoms with van der Waals surface area (Å²) in [4.78, 5) is 98.2. The predicted molar refractivity (Wildman–Crippen MR) is 275 cm³/mol. The van der Waals surface area contributed by atoms with Crippen molar-refractivity contribution < 1.29 is 92.6 Å². The fraction of sp³-hybridized carbons (Fsp3) is 0.464. The molecule has 2 saturated carbocycles. The molecule has 0 spiro atoms. The minimum atomic E-state index is -2.39. The van der Waals surface area contributed by atoms with Crippen molar-refractivity contribution in [2.24, 2.45) is 22.5 Å². The lowest BCUT2D eigenvalue weighted by Gasteiger charge is -2.67. The Labute approximate surface area is 457 Å². The van der Waals surface area contributed by atoms with Crippen molar-refractivity contribution in [3.05, 3.63) is 135 Å². The standard InChI is InChI=1S/C47H51NO14.C9H12N2O5S/c1-25-31(60-43(56)36(52)35(28-16-10-7-11-17-28)48-41(54)29-18-12-8-13-19-29)23-47(57)40(61-42(55)30-20-14-9-15-21-30)38-45(6,32(51)22-33-46(38,24-58-33)62-27(3)50)39(53)37(59-26(2)49)34(25)44(47,4)5;10-8(15)3-2-17-9(11-3)7-6(14)5(13)4(1-12)16-7/h7-21,31-33,35-38,40,51-52,57H,22-24H2,1-6H3,(H,48,54);2,4-7,12-14H,1H2,(H2,10,15)/t31-,32-,33+,35-,36+,37+,38-,40-,45+,46-,47+;4-,5-,6-,7-/m01/s1. The minimum Gasteiger partial charge on any atom is -0.456 e. The molecular weight excluding hydrogens is 1050 g/mol. The third-order valence-electron chi connectivity index (χ3n) is 16.0. The van der Waals surface area contributed by atoms with Crippen molar-refractivity contribution in [1.29, 1.82) is 0 Å². The summed E-state index contributed by atoms with van der Waals surface area (Å²) in [6, 6.07) is 22.9. The number of esters is 4. The lowest BCUT2D eigenvalue weighted by molar-refractivity contribution is -0.346. The second-order valence-corrected chi connectivity index (χ2v) is 21.9. The van der Waals surface area contributed by atoms with Crippen LogP contribution in [0.3, 0.4) is 0 Å². The molecule has 4 fully saturated rings. The number of nitrogens with zero attached hydrogens (tertiary/aromatic N) is 1. The van der Waals surface area contributed by atoms with Gasteiger partial charge in [0.15, 0.2) is 23.6 Å². The Hall–Kier alpha value is -6.80. The second-order valence-electron chi connectivity index (χ2n) is 21.0. The van der Waals surface area contributed by atoms with Crippen molar-refractivity contribution in [2.75, 3.05) is 13.2 Å². The number of ether oxygens (including phenoxy) is 6. The molecule has 9 rings (SSSR count). The van der Waals surface area contributed by atoms with E-state index in [1.54, 1.807) is 92.7 Å². The molecule has 0 unspecified atom stereocenters. The van der Waals surface area contributed by atoms with Crippen LogP contribution in [0.1, 0.15) is 108 Å². The van der Waals surface area contributed by atoms with E-state index in [1.807, 2.05) is 0 Å². The van der Waals surface area contributed by atoms with Crippen LogP contribution in [-0.4, -0.2) is 156 Å². The molecule has 2 saturated heterocycles. The Morgan fingerprint density at radius 1 is 0.861 bits per heavy atom. The molecule has 422 valence electrons. The van der Waals surface area contributed by atoms with Crippen LogP contribution in [0.15, 0.2) is 108 Å². The van der Waals surface area contributed by atoms with E-state index in [9.17, 15) is 54.3 Å². The Morgan fingerprint density at radius 2 is 1.47 bits per heavy atom. The van der Waals surface area contributed by atoms with E-state index in [4.69, 9.17) is 39.3 Å². The molecule has 4 aromatic rings. The first kappa shape index (κ1) is 58.4. The number of aliphatic hydroxyl groups is 6. The van der Waals surface area contributed by atoms with E-state index in [0.717, 1.165) is 25.2 Å². The van der Waals surface area contributed by atoms with Gasteiger partial charge in [0.2, 0.25) is 0 Å². The number of Topliss-reactive ketones (excluding diaryl/α,β-unsaturated/α-hetero) is 1. The Kier molecular flexibility index (Phi) is 16.8. The molecule has 9 N–H and O–H groups in total. The van der Waals surface area contributed by atoms with Crippen LogP contribution < -0.4 is 11.1 Å². The summed E-state index contributed by atoms with van der Waals surface area (Å²) in [5.41, 5.74) is -1.88. The van der Waals surface area contributed by atoms with Gasteiger partial charge in [-0.3, -0.25) is 24.0 Å². The number of aromatic nitrogens is 1. The van der Waals surface area contributed by atoms with Gasteiger partial charge in [-0.05, 0) is 54.8 Å². The van der Waals surface area contributed by atoms with Gasteiger partial charge in [-0.2, -0.15) is 0 Å². The summed E-state index contributed by atoms with van der Waals surface area (Å²) in [6.45, 7) is 7.57. The number of benzene rings is 3. The van der Waals surface area contributed by atoms with E-state index in [-0.39, 0.29) is 41.0 Å². The van der Waals surface area contributed by atoms with E-state index in [2.05, 4.69) is 10.3 Å². The second kappa shape index (κ2) is 22.7. The third kappa shape index (κ3) is 10.6. The van der Waals surface area contributed by atoms with E-state index >= 15 is 4.79 Å². The topological polar surface area (TPSA) is 347 Å². The molecule has 3 heterocycles. The first-order valence-corrected chi connectivity index (χ1v) is 26.3.